The molecule has 4 aliphatic rings. The van der Waals surface area contributed by atoms with Crippen molar-refractivity contribution >= 4 is 71.5 Å². The molecular weight excluding hydrogens is 681 g/mol. The second-order valence-electron chi connectivity index (χ2n) is 10.6. The van der Waals surface area contributed by atoms with Crippen molar-refractivity contribution < 1.29 is 46.2 Å². The summed E-state index contributed by atoms with van der Waals surface area (Å²) in [7, 11) is 0. The molecule has 8 heterocycles. The van der Waals surface area contributed by atoms with Gasteiger partial charge in [-0.1, -0.05) is 12.2 Å². The topological polar surface area (TPSA) is 241 Å². The first-order chi connectivity index (χ1) is 21.5. The number of alkyl halides is 1. The highest BCUT2D eigenvalue weighted by Gasteiger charge is 2.65. The third-order valence-corrected chi connectivity index (χ3v) is 11.1. The summed E-state index contributed by atoms with van der Waals surface area (Å²) in [4.78, 5) is 35.9. The highest BCUT2D eigenvalue weighted by molar-refractivity contribution is 8.44. The van der Waals surface area contributed by atoms with E-state index < -0.39 is 75.4 Å². The first-order valence-electron chi connectivity index (χ1n) is 13.2. The minimum absolute atomic E-state index is 0.0807. The standard InChI is InChI=1S/C21H23FN10O9P2S2/c22-9-8-1-36-42(33,44)41-14-13-20(32-7-30-11-16(24)26-5-28-18(11)32)39-21(14,2-35-13)3-37-43(34,45)40-12(9)19(38-8)31-6-29-10-15(23)25-4-27-17(10)31/h4-9,12-14,19-20H,1-3H2,(H,33,44)(H,34,45)(H2,23,25,27)(H2,24,26,28)/t8-,9+,12-,13-,14+,19-,20-,21-,42?,43?/m1/s1. The number of aromatic nitrogens is 8. The molecule has 5 N–H and O–H groups in total. The molecule has 0 saturated carbocycles. The summed E-state index contributed by atoms with van der Waals surface area (Å²) in [5.41, 5.74) is 11.4. The van der Waals surface area contributed by atoms with Crippen LogP contribution in [0.25, 0.3) is 22.3 Å². The Morgan fingerprint density at radius 2 is 1.60 bits per heavy atom. The predicted octanol–water partition coefficient (Wildman–Crippen LogP) is 0.804. The summed E-state index contributed by atoms with van der Waals surface area (Å²) >= 11 is 9.47. The number of rotatable bonds is 2. The molecular formula is C21H23FN10O9P2S2. The number of nitrogen functional groups attached to an aromatic ring is 2. The first kappa shape index (κ1) is 29.9. The average Bonchev–Trinajstić information content (AvgIpc) is 3.80. The number of ether oxygens (including phenoxy) is 3. The van der Waals surface area contributed by atoms with Crippen molar-refractivity contribution in [1.82, 2.24) is 39.0 Å². The van der Waals surface area contributed by atoms with Gasteiger partial charge in [0, 0.05) is 0 Å². The van der Waals surface area contributed by atoms with Crippen LogP contribution in [0.15, 0.2) is 25.3 Å². The van der Waals surface area contributed by atoms with E-state index in [4.69, 9.17) is 55.6 Å². The molecule has 4 fully saturated rings. The molecule has 19 nitrogen and oxygen atoms in total. The van der Waals surface area contributed by atoms with Crippen LogP contribution in [0.4, 0.5) is 16.0 Å². The van der Waals surface area contributed by atoms with E-state index in [0.717, 1.165) is 0 Å². The maximum absolute atomic E-state index is 15.9. The van der Waals surface area contributed by atoms with Crippen LogP contribution in [0.3, 0.4) is 0 Å². The van der Waals surface area contributed by atoms with Crippen LogP contribution in [0.1, 0.15) is 12.5 Å². The molecule has 4 aromatic rings. The zero-order valence-electron chi connectivity index (χ0n) is 22.5. The van der Waals surface area contributed by atoms with E-state index in [2.05, 4.69) is 42.2 Å². The Kier molecular flexibility index (Phi) is 7.00. The molecule has 45 heavy (non-hydrogen) atoms. The Labute approximate surface area is 261 Å². The maximum atomic E-state index is 15.9. The molecule has 0 radical (unpaired) electrons. The second-order valence-corrected chi connectivity index (χ2v) is 16.3. The molecule has 4 aliphatic heterocycles. The van der Waals surface area contributed by atoms with Crippen molar-refractivity contribution in [3.63, 3.8) is 0 Å². The molecule has 2 unspecified atom stereocenters. The predicted molar refractivity (Wildman–Crippen MR) is 156 cm³/mol. The molecule has 0 spiro atoms. The molecule has 4 bridgehead atoms. The quantitative estimate of drug-likeness (QED) is 0.167. The van der Waals surface area contributed by atoms with Gasteiger partial charge in [0.05, 0.1) is 32.5 Å². The molecule has 4 saturated heterocycles. The number of nitrogens with two attached hydrogens (primary N) is 2. The lowest BCUT2D eigenvalue weighted by molar-refractivity contribution is -0.183. The van der Waals surface area contributed by atoms with E-state index in [-0.39, 0.29) is 29.4 Å². The minimum atomic E-state index is -4.25. The van der Waals surface area contributed by atoms with Crippen molar-refractivity contribution in [2.45, 2.75) is 48.6 Å². The number of fused-ring (bicyclic) bond motifs is 4. The number of halogens is 1. The van der Waals surface area contributed by atoms with Gasteiger partial charge >= 0.3 is 13.5 Å². The number of nitrogens with zero attached hydrogens (tertiary/aromatic N) is 8. The molecule has 4 aromatic heterocycles. The Bertz CT molecular complexity index is 1920. The number of imidazole rings is 2. The van der Waals surface area contributed by atoms with Gasteiger partial charge in [0.25, 0.3) is 0 Å². The normalized spacial score (nSPS) is 40.3. The summed E-state index contributed by atoms with van der Waals surface area (Å²) < 4.78 is 73.7. The summed E-state index contributed by atoms with van der Waals surface area (Å²) in [5, 5.41) is 0. The van der Waals surface area contributed by atoms with Crippen LogP contribution >= 0.6 is 25.8 Å². The largest absolute Gasteiger partial charge is 0.386 e. The van der Waals surface area contributed by atoms with Crippen LogP contribution in [0.2, 0.25) is 0 Å². The van der Waals surface area contributed by atoms with E-state index in [1.807, 2.05) is 0 Å². The van der Waals surface area contributed by atoms with E-state index in [0.29, 0.717) is 11.2 Å². The van der Waals surface area contributed by atoms with E-state index in [9.17, 15) is 9.46 Å². The van der Waals surface area contributed by atoms with Crippen LogP contribution in [0.5, 0.6) is 0 Å². The fraction of sp³-hybridized carbons (Fsp3) is 0.524. The molecule has 0 aliphatic carbocycles. The maximum Gasteiger partial charge on any atom is 0.386 e. The number of thiol groups is 1. The van der Waals surface area contributed by atoms with E-state index >= 15 is 4.39 Å². The molecule has 0 amide bonds. The zero-order valence-corrected chi connectivity index (χ0v) is 26.0. The lowest BCUT2D eigenvalue weighted by atomic mass is 10.0. The third-order valence-electron chi connectivity index (χ3n) is 7.94. The van der Waals surface area contributed by atoms with Crippen LogP contribution in [0, 0.1) is 0 Å². The Morgan fingerprint density at radius 1 is 0.956 bits per heavy atom. The second kappa shape index (κ2) is 10.5. The molecule has 240 valence electrons. The van der Waals surface area contributed by atoms with Gasteiger partial charge in [-0.2, -0.15) is 0 Å². The summed E-state index contributed by atoms with van der Waals surface area (Å²) in [6.07, 6.45) is -3.96. The van der Waals surface area contributed by atoms with Gasteiger partial charge in [-0.3, -0.25) is 22.7 Å². The molecule has 8 rings (SSSR count). The van der Waals surface area contributed by atoms with Gasteiger partial charge in [-0.25, -0.2) is 38.9 Å². The Balaban J connectivity index is 1.14. The van der Waals surface area contributed by atoms with Gasteiger partial charge in [-0.15, -0.1) is 0 Å². The van der Waals surface area contributed by atoms with Crippen molar-refractivity contribution in [2.24, 2.45) is 0 Å². The van der Waals surface area contributed by atoms with Crippen LogP contribution in [-0.2, 0) is 48.7 Å². The number of hydrogen-bond acceptors (Lipinski definition) is 17. The lowest BCUT2D eigenvalue weighted by Gasteiger charge is -2.33. The highest BCUT2D eigenvalue weighted by Crippen LogP contribution is 2.61. The van der Waals surface area contributed by atoms with E-state index in [1.54, 1.807) is 4.57 Å². The average molecular weight is 705 g/mol. The smallest absolute Gasteiger partial charge is 0.382 e. The van der Waals surface area contributed by atoms with Gasteiger partial charge in [0.2, 0.25) is 0 Å². The molecule has 0 aromatic carbocycles. The number of hydrogen-bond donors (Lipinski definition) is 4. The summed E-state index contributed by atoms with van der Waals surface area (Å²) in [6.45, 7) is -9.69. The van der Waals surface area contributed by atoms with Gasteiger partial charge < -0.3 is 35.1 Å². The van der Waals surface area contributed by atoms with Crippen molar-refractivity contribution in [3.8, 4) is 0 Å². The van der Waals surface area contributed by atoms with Crippen molar-refractivity contribution in [3.05, 3.63) is 25.3 Å². The SMILES string of the molecule is Nc1ncnc2c1ncn2[C@@H]1O[C@@H]2COP(=O)(S)O[C@H]3[C@H]4OC[C@]3(COP(O)(=S)O[C@@H]1[C@H]2F)O[C@H]4n1cnc2c(N)ncnc21. The summed E-state index contributed by atoms with van der Waals surface area (Å²) in [6, 6.07) is 0. The minimum Gasteiger partial charge on any atom is -0.382 e. The van der Waals surface area contributed by atoms with Crippen molar-refractivity contribution in [1.29, 1.82) is 0 Å². The first-order valence-corrected chi connectivity index (χ1v) is 18.5. The van der Waals surface area contributed by atoms with Gasteiger partial charge in [0.1, 0.15) is 53.7 Å². The summed E-state index contributed by atoms with van der Waals surface area (Å²) in [5.74, 6) is 0.229. The molecule has 24 heteroatoms. The fourth-order valence-corrected chi connectivity index (χ4v) is 8.80. The van der Waals surface area contributed by atoms with Crippen molar-refractivity contribution in [2.75, 3.05) is 31.3 Å². The number of anilines is 2. The highest BCUT2D eigenvalue weighted by atomic mass is 32.7. The molecule has 10 atom stereocenters. The Morgan fingerprint density at radius 3 is 2.27 bits per heavy atom. The van der Waals surface area contributed by atoms with Gasteiger partial charge in [-0.05, 0) is 11.8 Å². The monoisotopic (exact) mass is 704 g/mol. The lowest BCUT2D eigenvalue weighted by Crippen LogP contribution is -2.45. The Hall–Kier alpha value is -2.46. The van der Waals surface area contributed by atoms with E-state index in [1.165, 1.54) is 29.9 Å². The van der Waals surface area contributed by atoms with Crippen LogP contribution in [-0.4, -0.2) is 99.9 Å². The van der Waals surface area contributed by atoms with Gasteiger partial charge in [0.15, 0.2) is 41.6 Å². The zero-order chi connectivity index (χ0) is 31.3. The third kappa shape index (κ3) is 4.86. The fourth-order valence-electron chi connectivity index (χ4n) is 5.87. The van der Waals surface area contributed by atoms with Crippen LogP contribution < -0.4 is 11.5 Å².